The Morgan fingerprint density at radius 1 is 1.53 bits per heavy atom. The summed E-state index contributed by atoms with van der Waals surface area (Å²) in [6.45, 7) is 4.39. The highest BCUT2D eigenvalue weighted by molar-refractivity contribution is 7.90. The van der Waals surface area contributed by atoms with Crippen LogP contribution in [-0.2, 0) is 10.2 Å². The number of piperidine rings is 1. The van der Waals surface area contributed by atoms with Crippen LogP contribution >= 0.6 is 0 Å². The highest BCUT2D eigenvalue weighted by Gasteiger charge is 2.29. The summed E-state index contributed by atoms with van der Waals surface area (Å²) in [5.74, 6) is 0.0249. The Kier molecular flexibility index (Phi) is 4.12. The number of hydrogen-bond acceptors (Lipinski definition) is 4. The Balaban J connectivity index is 2.14. The zero-order valence-electron chi connectivity index (χ0n) is 11.2. The first-order valence-electron chi connectivity index (χ1n) is 6.34. The lowest BCUT2D eigenvalue weighted by molar-refractivity contribution is 0.166. The van der Waals surface area contributed by atoms with Crippen LogP contribution < -0.4 is 4.72 Å². The monoisotopic (exact) mass is 288 g/mol. The van der Waals surface area contributed by atoms with Crippen molar-refractivity contribution < 1.29 is 13.5 Å². The van der Waals surface area contributed by atoms with E-state index in [1.165, 1.54) is 4.31 Å². The lowest BCUT2D eigenvalue weighted by atomic mass is 10.0. The highest BCUT2D eigenvalue weighted by Crippen LogP contribution is 2.23. The van der Waals surface area contributed by atoms with Gasteiger partial charge in [-0.25, -0.2) is 0 Å². The fourth-order valence-corrected chi connectivity index (χ4v) is 3.75. The first kappa shape index (κ1) is 14.3. The van der Waals surface area contributed by atoms with Crippen LogP contribution in [0.15, 0.2) is 0 Å². The smallest absolute Gasteiger partial charge is 0.301 e. The van der Waals surface area contributed by atoms with Crippen LogP contribution in [0.4, 0.5) is 5.69 Å². The van der Waals surface area contributed by atoms with Gasteiger partial charge in [0.15, 0.2) is 0 Å². The standard InChI is InChI=1S/C11H20N4O3S/c1-8-11(9(2)13-12-8)14-19(17,18)15-5-3-4-10(6-15)7-16/h10,14,16H,3-7H2,1-2H3,(H,12,13). The van der Waals surface area contributed by atoms with E-state index >= 15 is 0 Å². The predicted octanol–water partition coefficient (Wildman–Crippen LogP) is 0.388. The number of aryl methyl sites for hydroxylation is 2. The summed E-state index contributed by atoms with van der Waals surface area (Å²) in [7, 11) is -3.58. The number of hydrogen-bond donors (Lipinski definition) is 3. The van der Waals surface area contributed by atoms with Crippen molar-refractivity contribution in [1.29, 1.82) is 0 Å². The summed E-state index contributed by atoms with van der Waals surface area (Å²) in [6.07, 6.45) is 1.64. The fourth-order valence-electron chi connectivity index (χ4n) is 2.29. The van der Waals surface area contributed by atoms with Gasteiger partial charge in [0.25, 0.3) is 0 Å². The van der Waals surface area contributed by atoms with E-state index in [-0.39, 0.29) is 12.5 Å². The van der Waals surface area contributed by atoms with Crippen LogP contribution in [0, 0.1) is 19.8 Å². The Morgan fingerprint density at radius 3 is 2.84 bits per heavy atom. The zero-order valence-corrected chi connectivity index (χ0v) is 12.0. The van der Waals surface area contributed by atoms with Crippen LogP contribution in [0.5, 0.6) is 0 Å². The Morgan fingerprint density at radius 2 is 2.26 bits per heavy atom. The molecule has 1 aromatic heterocycles. The molecular formula is C11H20N4O3S. The molecule has 0 spiro atoms. The molecule has 19 heavy (non-hydrogen) atoms. The summed E-state index contributed by atoms with van der Waals surface area (Å²) in [5, 5.41) is 15.9. The number of aliphatic hydroxyl groups excluding tert-OH is 1. The fraction of sp³-hybridized carbons (Fsp3) is 0.727. The molecule has 1 atom stereocenters. The van der Waals surface area contributed by atoms with Crippen molar-refractivity contribution in [2.45, 2.75) is 26.7 Å². The average molecular weight is 288 g/mol. The summed E-state index contributed by atoms with van der Waals surface area (Å²) < 4.78 is 28.6. The van der Waals surface area contributed by atoms with E-state index in [1.54, 1.807) is 13.8 Å². The molecule has 7 nitrogen and oxygen atoms in total. The summed E-state index contributed by atoms with van der Waals surface area (Å²) in [6, 6.07) is 0. The number of anilines is 1. The quantitative estimate of drug-likeness (QED) is 0.746. The highest BCUT2D eigenvalue weighted by atomic mass is 32.2. The molecule has 2 heterocycles. The molecule has 2 rings (SSSR count). The minimum Gasteiger partial charge on any atom is -0.396 e. The van der Waals surface area contributed by atoms with Crippen molar-refractivity contribution in [3.8, 4) is 0 Å². The maximum absolute atomic E-state index is 12.3. The van der Waals surface area contributed by atoms with Crippen molar-refractivity contribution in [3.05, 3.63) is 11.4 Å². The van der Waals surface area contributed by atoms with Crippen molar-refractivity contribution in [1.82, 2.24) is 14.5 Å². The third-order valence-corrected chi connectivity index (χ3v) is 4.91. The molecule has 1 aliphatic rings. The number of H-pyrrole nitrogens is 1. The van der Waals surface area contributed by atoms with E-state index in [2.05, 4.69) is 14.9 Å². The second kappa shape index (κ2) is 5.48. The van der Waals surface area contributed by atoms with E-state index in [9.17, 15) is 8.42 Å². The average Bonchev–Trinajstić information content (AvgIpc) is 2.70. The van der Waals surface area contributed by atoms with Gasteiger partial charge >= 0.3 is 10.2 Å². The molecule has 1 saturated heterocycles. The van der Waals surface area contributed by atoms with Crippen LogP contribution in [0.25, 0.3) is 0 Å². The van der Waals surface area contributed by atoms with E-state index in [0.29, 0.717) is 30.2 Å². The molecule has 8 heteroatoms. The molecule has 0 saturated carbocycles. The van der Waals surface area contributed by atoms with Gasteiger partial charge in [0.2, 0.25) is 0 Å². The molecule has 0 amide bonds. The molecule has 3 N–H and O–H groups in total. The lowest BCUT2D eigenvalue weighted by Gasteiger charge is -2.31. The molecule has 1 aromatic rings. The molecule has 108 valence electrons. The SMILES string of the molecule is Cc1n[nH]c(C)c1NS(=O)(=O)N1CCCC(CO)C1. The summed E-state index contributed by atoms with van der Waals surface area (Å²) in [4.78, 5) is 0. The molecular weight excluding hydrogens is 268 g/mol. The second-order valence-electron chi connectivity index (χ2n) is 4.96. The Bertz CT molecular complexity index is 521. The number of aromatic nitrogens is 2. The third kappa shape index (κ3) is 3.07. The zero-order chi connectivity index (χ0) is 14.0. The minimum absolute atomic E-state index is 0.0236. The largest absolute Gasteiger partial charge is 0.396 e. The molecule has 1 unspecified atom stereocenters. The summed E-state index contributed by atoms with van der Waals surface area (Å²) >= 11 is 0. The van der Waals surface area contributed by atoms with Gasteiger partial charge in [-0.15, -0.1) is 0 Å². The lowest BCUT2D eigenvalue weighted by Crippen LogP contribution is -2.43. The third-order valence-electron chi connectivity index (χ3n) is 3.44. The van der Waals surface area contributed by atoms with Gasteiger partial charge in [0, 0.05) is 19.7 Å². The van der Waals surface area contributed by atoms with E-state index in [0.717, 1.165) is 12.8 Å². The second-order valence-corrected chi connectivity index (χ2v) is 6.64. The van der Waals surface area contributed by atoms with Crippen LogP contribution in [0.1, 0.15) is 24.2 Å². The minimum atomic E-state index is -3.58. The van der Waals surface area contributed by atoms with Gasteiger partial charge in [-0.05, 0) is 32.6 Å². The van der Waals surface area contributed by atoms with Crippen LogP contribution in [0.3, 0.4) is 0 Å². The molecule has 0 aliphatic carbocycles. The van der Waals surface area contributed by atoms with Gasteiger partial charge in [-0.1, -0.05) is 0 Å². The molecule has 0 bridgehead atoms. The van der Waals surface area contributed by atoms with Crippen molar-refractivity contribution >= 4 is 15.9 Å². The summed E-state index contributed by atoms with van der Waals surface area (Å²) in [5.41, 5.74) is 1.82. The van der Waals surface area contributed by atoms with Crippen molar-refractivity contribution in [2.75, 3.05) is 24.4 Å². The van der Waals surface area contributed by atoms with E-state index < -0.39 is 10.2 Å². The molecule has 0 aromatic carbocycles. The first-order valence-corrected chi connectivity index (χ1v) is 7.78. The number of nitrogens with zero attached hydrogens (tertiary/aromatic N) is 2. The van der Waals surface area contributed by atoms with Gasteiger partial charge in [0.1, 0.15) is 0 Å². The molecule has 1 aliphatic heterocycles. The van der Waals surface area contributed by atoms with E-state index in [1.807, 2.05) is 0 Å². The normalized spacial score (nSPS) is 21.5. The van der Waals surface area contributed by atoms with Gasteiger partial charge < -0.3 is 5.11 Å². The number of rotatable bonds is 4. The first-order chi connectivity index (χ1) is 8.94. The van der Waals surface area contributed by atoms with Gasteiger partial charge in [0.05, 0.1) is 17.1 Å². The maximum atomic E-state index is 12.3. The Labute approximate surface area is 113 Å². The molecule has 1 fully saturated rings. The van der Waals surface area contributed by atoms with Gasteiger partial charge in [-0.3, -0.25) is 9.82 Å². The van der Waals surface area contributed by atoms with Crippen LogP contribution in [-0.4, -0.2) is 47.7 Å². The van der Waals surface area contributed by atoms with E-state index in [4.69, 9.17) is 5.11 Å². The number of nitrogens with one attached hydrogen (secondary N) is 2. The predicted molar refractivity (Wildman–Crippen MR) is 72.0 cm³/mol. The van der Waals surface area contributed by atoms with Crippen molar-refractivity contribution in [2.24, 2.45) is 5.92 Å². The Hall–Kier alpha value is -1.12. The molecule has 0 radical (unpaired) electrons. The maximum Gasteiger partial charge on any atom is 0.301 e. The van der Waals surface area contributed by atoms with Crippen LogP contribution in [0.2, 0.25) is 0 Å². The van der Waals surface area contributed by atoms with Crippen molar-refractivity contribution in [3.63, 3.8) is 0 Å². The van der Waals surface area contributed by atoms with Gasteiger partial charge in [-0.2, -0.15) is 17.8 Å². The number of aliphatic hydroxyl groups is 1. The topological polar surface area (TPSA) is 98.3 Å². The number of aromatic amines is 1.